The molecule has 0 amide bonds. The lowest BCUT2D eigenvalue weighted by Gasteiger charge is -2.42. The van der Waals surface area contributed by atoms with Crippen molar-refractivity contribution in [2.24, 2.45) is 0 Å². The van der Waals surface area contributed by atoms with Crippen molar-refractivity contribution >= 4 is 99.3 Å². The summed E-state index contributed by atoms with van der Waals surface area (Å²) < 4.78 is 12.8. The number of aromatic nitrogens is 1. The van der Waals surface area contributed by atoms with Crippen LogP contribution in [-0.2, 0) is 17.3 Å². The van der Waals surface area contributed by atoms with Crippen molar-refractivity contribution in [3.63, 3.8) is 0 Å². The quantitative estimate of drug-likeness (QED) is 0.148. The van der Waals surface area contributed by atoms with Gasteiger partial charge in [-0.3, -0.25) is 0 Å². The standard InChI is InChI=1S/C68H55BN2OS/c1-6-7-19-41-28-30-56(48(34-41)44-24-15-10-16-25-44)70-58-39-51-47-26-17-18-27-59(47)72-65(51)61-53-37-46(43-22-13-9-14-23-43)36-50-49-35-45(42-20-11-8-12-21-42)29-31-57(49)71(63(50)53)69(62(58)61)66-64(70)52-38-54-55(40-60(52)73-66)68(4,5)33-32-67(54,2)3/h8-18,20-31,34-40H,6-7,19,32-33H2,1-5H3. The van der Waals surface area contributed by atoms with Gasteiger partial charge in [-0.2, -0.15) is 0 Å². The SMILES string of the molecule is CCCCc1ccc(N2c3cc4c(oc5ccccc54)c4c3B(c3sc5cc6c(cc5c32)C(C)(C)CCC6(C)C)n2c3ccc(-c5ccccc5)cc3c3cc(-c5ccccc5)cc-4c32)c(-c2ccccc2)c1. The Morgan fingerprint density at radius 3 is 1.96 bits per heavy atom. The van der Waals surface area contributed by atoms with Gasteiger partial charge < -0.3 is 13.8 Å². The minimum Gasteiger partial charge on any atom is -0.455 e. The molecule has 3 aromatic heterocycles. The fourth-order valence-corrected chi connectivity index (χ4v) is 14.6. The average Bonchev–Trinajstić information content (AvgIpc) is 4.12. The molecule has 3 nitrogen and oxygen atoms in total. The third-order valence-corrected chi connectivity index (χ3v) is 18.4. The number of thiophene rings is 1. The van der Waals surface area contributed by atoms with Crippen LogP contribution in [0.3, 0.4) is 0 Å². The zero-order valence-corrected chi connectivity index (χ0v) is 43.0. The number of nitrogens with zero attached hydrogens (tertiary/aromatic N) is 2. The number of benzene rings is 9. The molecule has 0 saturated heterocycles. The molecule has 0 N–H and O–H groups in total. The van der Waals surface area contributed by atoms with Crippen molar-refractivity contribution in [2.75, 3.05) is 4.90 Å². The number of rotatable bonds is 7. The largest absolute Gasteiger partial charge is 0.455 e. The predicted molar refractivity (Wildman–Crippen MR) is 313 cm³/mol. The summed E-state index contributed by atoms with van der Waals surface area (Å²) in [6.07, 6.45) is 5.69. The van der Waals surface area contributed by atoms with E-state index in [1.807, 2.05) is 11.3 Å². The smallest absolute Gasteiger partial charge is 0.343 e. The first-order valence-corrected chi connectivity index (χ1v) is 27.3. The van der Waals surface area contributed by atoms with E-state index < -0.39 is 0 Å². The van der Waals surface area contributed by atoms with Crippen LogP contribution in [-0.4, -0.2) is 11.3 Å². The van der Waals surface area contributed by atoms with E-state index in [0.29, 0.717) is 0 Å². The molecule has 9 aromatic carbocycles. The number of unbranched alkanes of at least 4 members (excludes halogenated alkanes) is 1. The molecule has 0 spiro atoms. The first-order chi connectivity index (χ1) is 35.6. The van der Waals surface area contributed by atoms with Crippen molar-refractivity contribution < 1.29 is 4.42 Å². The molecular weight excluding hydrogens is 904 g/mol. The van der Waals surface area contributed by atoms with Crippen molar-refractivity contribution in [1.82, 2.24) is 4.48 Å². The summed E-state index contributed by atoms with van der Waals surface area (Å²) in [6, 6.07) is 69.0. The summed E-state index contributed by atoms with van der Waals surface area (Å²) in [7, 11) is 0. The van der Waals surface area contributed by atoms with Crippen LogP contribution in [0.4, 0.5) is 17.1 Å². The first kappa shape index (κ1) is 43.0. The average molecular weight is 959 g/mol. The highest BCUT2D eigenvalue weighted by Crippen LogP contribution is 2.56. The highest BCUT2D eigenvalue weighted by Gasteiger charge is 2.48. The highest BCUT2D eigenvalue weighted by molar-refractivity contribution is 7.32. The van der Waals surface area contributed by atoms with Crippen molar-refractivity contribution in [3.8, 4) is 44.5 Å². The number of anilines is 3. The topological polar surface area (TPSA) is 21.3 Å². The van der Waals surface area contributed by atoms with Gasteiger partial charge in [0.2, 0.25) is 0 Å². The molecule has 3 aliphatic rings. The Morgan fingerprint density at radius 1 is 0.548 bits per heavy atom. The number of aryl methyl sites for hydroxylation is 1. The molecular formula is C68H55BN2OS. The zero-order chi connectivity index (χ0) is 48.9. The first-order valence-electron chi connectivity index (χ1n) is 26.5. The number of hydrogen-bond donors (Lipinski definition) is 0. The third kappa shape index (κ3) is 6.25. The predicted octanol–water partition coefficient (Wildman–Crippen LogP) is 18.0. The molecule has 0 radical (unpaired) electrons. The maximum Gasteiger partial charge on any atom is 0.343 e. The van der Waals surface area contributed by atoms with Gasteiger partial charge in [-0.15, -0.1) is 11.3 Å². The van der Waals surface area contributed by atoms with Crippen molar-refractivity contribution in [2.45, 2.75) is 77.6 Å². The lowest BCUT2D eigenvalue weighted by molar-refractivity contribution is 0.332. The van der Waals surface area contributed by atoms with Crippen LogP contribution in [0.15, 0.2) is 186 Å². The Balaban J connectivity index is 1.14. The molecule has 0 atom stereocenters. The van der Waals surface area contributed by atoms with Gasteiger partial charge >= 0.3 is 6.85 Å². The number of furan rings is 1. The summed E-state index contributed by atoms with van der Waals surface area (Å²) in [6.45, 7) is 12.0. The van der Waals surface area contributed by atoms with Gasteiger partial charge in [0, 0.05) is 69.8 Å². The van der Waals surface area contributed by atoms with E-state index in [1.165, 1.54) is 127 Å². The number of fused-ring (bicyclic) bond motifs is 14. The Hall–Kier alpha value is -7.60. The molecule has 1 aliphatic carbocycles. The molecule has 0 fully saturated rings. The van der Waals surface area contributed by atoms with Crippen LogP contribution in [0.2, 0.25) is 0 Å². The minimum absolute atomic E-state index is 0.0376. The fourth-order valence-electron chi connectivity index (χ4n) is 13.3. The Bertz CT molecular complexity index is 4250. The van der Waals surface area contributed by atoms with Crippen LogP contribution >= 0.6 is 11.3 Å². The molecule has 2 aliphatic heterocycles. The van der Waals surface area contributed by atoms with E-state index in [4.69, 9.17) is 4.42 Å². The van der Waals surface area contributed by atoms with Gasteiger partial charge in [0.15, 0.2) is 0 Å². The van der Waals surface area contributed by atoms with Gasteiger partial charge in [-0.05, 0) is 147 Å². The van der Waals surface area contributed by atoms with Crippen molar-refractivity contribution in [1.29, 1.82) is 0 Å². The van der Waals surface area contributed by atoms with Gasteiger partial charge in [0.1, 0.15) is 11.2 Å². The van der Waals surface area contributed by atoms with E-state index in [2.05, 4.69) is 226 Å². The maximum atomic E-state index is 7.29. The van der Waals surface area contributed by atoms with Gasteiger partial charge in [-0.25, -0.2) is 0 Å². The molecule has 0 saturated carbocycles. The van der Waals surface area contributed by atoms with E-state index >= 15 is 0 Å². The number of para-hydroxylation sites is 1. The van der Waals surface area contributed by atoms with Gasteiger partial charge in [0.05, 0.1) is 11.4 Å². The minimum atomic E-state index is -0.133. The Kier molecular flexibility index (Phi) is 9.26. The molecule has 0 unspecified atom stereocenters. The molecule has 5 heteroatoms. The summed E-state index contributed by atoms with van der Waals surface area (Å²) in [5.74, 6) is 0. The second kappa shape index (κ2) is 15.7. The summed E-state index contributed by atoms with van der Waals surface area (Å²) >= 11 is 2.01. The lowest BCUT2D eigenvalue weighted by atomic mass is 9.48. The van der Waals surface area contributed by atoms with E-state index in [1.54, 1.807) is 0 Å². The van der Waals surface area contributed by atoms with Gasteiger partial charge in [-0.1, -0.05) is 162 Å². The van der Waals surface area contributed by atoms with Crippen LogP contribution in [0.5, 0.6) is 0 Å². The maximum absolute atomic E-state index is 7.29. The normalized spacial score (nSPS) is 15.1. The van der Waals surface area contributed by atoms with Crippen LogP contribution in [0.25, 0.3) is 98.3 Å². The second-order valence-electron chi connectivity index (χ2n) is 22.4. The molecule has 5 heterocycles. The molecule has 15 rings (SSSR count). The Labute approximate surface area is 431 Å². The van der Waals surface area contributed by atoms with Crippen LogP contribution in [0, 0.1) is 0 Å². The number of hydrogen-bond acceptors (Lipinski definition) is 3. The summed E-state index contributed by atoms with van der Waals surface area (Å²) in [4.78, 5) is 2.71. The van der Waals surface area contributed by atoms with E-state index in [0.717, 1.165) is 47.6 Å². The highest BCUT2D eigenvalue weighted by atomic mass is 32.1. The third-order valence-electron chi connectivity index (χ3n) is 17.2. The molecule has 73 heavy (non-hydrogen) atoms. The van der Waals surface area contributed by atoms with Gasteiger partial charge in [0.25, 0.3) is 0 Å². The van der Waals surface area contributed by atoms with E-state index in [-0.39, 0.29) is 17.7 Å². The summed E-state index contributed by atoms with van der Waals surface area (Å²) in [5, 5.41) is 6.16. The summed E-state index contributed by atoms with van der Waals surface area (Å²) in [5.41, 5.74) is 23.6. The lowest BCUT2D eigenvalue weighted by Crippen LogP contribution is -2.55. The second-order valence-corrected chi connectivity index (χ2v) is 23.5. The zero-order valence-electron chi connectivity index (χ0n) is 42.1. The molecule has 0 bridgehead atoms. The molecule has 352 valence electrons. The van der Waals surface area contributed by atoms with E-state index in [9.17, 15) is 0 Å². The van der Waals surface area contributed by atoms with Crippen LogP contribution < -0.4 is 15.1 Å². The fraction of sp³-hybridized carbons (Fsp3) is 0.176. The monoisotopic (exact) mass is 958 g/mol. The molecule has 12 aromatic rings. The van der Waals surface area contributed by atoms with Crippen molar-refractivity contribution in [3.05, 3.63) is 199 Å². The Morgan fingerprint density at radius 2 is 1.22 bits per heavy atom. The van der Waals surface area contributed by atoms with Crippen LogP contribution in [0.1, 0.15) is 77.0 Å².